The van der Waals surface area contributed by atoms with Crippen molar-refractivity contribution in [2.24, 2.45) is 0 Å². The SMILES string of the molecule is Nc1cccc2c([P+](=O)O)cccc12. The summed E-state index contributed by atoms with van der Waals surface area (Å²) in [4.78, 5) is 9.08. The number of hydrogen-bond donors (Lipinski definition) is 2. The Hall–Kier alpha value is -1.44. The highest BCUT2D eigenvalue weighted by atomic mass is 31.1. The van der Waals surface area contributed by atoms with E-state index >= 15 is 0 Å². The number of rotatable bonds is 1. The minimum Gasteiger partial charge on any atom is -0.398 e. The minimum absolute atomic E-state index is 0.435. The van der Waals surface area contributed by atoms with E-state index in [0.29, 0.717) is 11.0 Å². The molecule has 0 amide bonds. The predicted molar refractivity (Wildman–Crippen MR) is 57.8 cm³/mol. The number of nitrogens with two attached hydrogens (primary N) is 1. The van der Waals surface area contributed by atoms with E-state index in [1.165, 1.54) is 0 Å². The Bertz CT molecular complexity index is 510. The molecule has 0 aliphatic rings. The second-order valence-corrected chi connectivity index (χ2v) is 4.02. The minimum atomic E-state index is -2.31. The van der Waals surface area contributed by atoms with Gasteiger partial charge in [-0.25, -0.2) is 0 Å². The fraction of sp³-hybridized carbons (Fsp3) is 0. The van der Waals surface area contributed by atoms with E-state index < -0.39 is 8.03 Å². The van der Waals surface area contributed by atoms with Gasteiger partial charge in [-0.1, -0.05) is 18.2 Å². The molecule has 0 aliphatic heterocycles. The molecule has 0 spiro atoms. The Morgan fingerprint density at radius 2 is 1.71 bits per heavy atom. The molecule has 2 aromatic carbocycles. The number of hydrogen-bond acceptors (Lipinski definition) is 2. The first-order valence-electron chi connectivity index (χ1n) is 4.13. The van der Waals surface area contributed by atoms with E-state index in [1.54, 1.807) is 30.3 Å². The van der Waals surface area contributed by atoms with Gasteiger partial charge in [-0.3, -0.25) is 0 Å². The van der Waals surface area contributed by atoms with E-state index in [9.17, 15) is 4.57 Å². The van der Waals surface area contributed by atoms with Gasteiger partial charge in [0.2, 0.25) is 5.30 Å². The largest absolute Gasteiger partial charge is 0.546 e. The molecule has 70 valence electrons. The topological polar surface area (TPSA) is 63.3 Å². The lowest BCUT2D eigenvalue weighted by Crippen LogP contribution is -1.99. The van der Waals surface area contributed by atoms with Gasteiger partial charge in [0, 0.05) is 16.5 Å². The zero-order valence-electron chi connectivity index (χ0n) is 7.34. The summed E-state index contributed by atoms with van der Waals surface area (Å²) in [6, 6.07) is 10.6. The summed E-state index contributed by atoms with van der Waals surface area (Å²) in [5.41, 5.74) is 6.37. The Balaban J connectivity index is 2.88. The normalized spacial score (nSPS) is 11.6. The van der Waals surface area contributed by atoms with Crippen LogP contribution in [0.4, 0.5) is 5.69 Å². The van der Waals surface area contributed by atoms with E-state index in [1.807, 2.05) is 6.07 Å². The van der Waals surface area contributed by atoms with Crippen molar-refractivity contribution < 1.29 is 9.46 Å². The van der Waals surface area contributed by atoms with Crippen LogP contribution in [0.15, 0.2) is 36.4 Å². The van der Waals surface area contributed by atoms with Crippen molar-refractivity contribution in [1.29, 1.82) is 0 Å². The predicted octanol–water partition coefficient (Wildman–Crippen LogP) is 1.78. The van der Waals surface area contributed by atoms with Crippen LogP contribution in [-0.4, -0.2) is 4.89 Å². The maximum absolute atomic E-state index is 11.0. The highest BCUT2D eigenvalue weighted by Gasteiger charge is 2.19. The fourth-order valence-electron chi connectivity index (χ4n) is 1.48. The Morgan fingerprint density at radius 1 is 1.07 bits per heavy atom. The van der Waals surface area contributed by atoms with Crippen LogP contribution >= 0.6 is 8.03 Å². The molecule has 0 heterocycles. The first kappa shape index (κ1) is 9.13. The maximum Gasteiger partial charge on any atom is 0.546 e. The molecule has 0 saturated heterocycles. The fourth-order valence-corrected chi connectivity index (χ4v) is 2.10. The second kappa shape index (κ2) is 3.37. The molecule has 2 aromatic rings. The Labute approximate surface area is 82.0 Å². The van der Waals surface area contributed by atoms with Gasteiger partial charge in [0.25, 0.3) is 0 Å². The van der Waals surface area contributed by atoms with E-state index in [0.717, 1.165) is 10.8 Å². The molecule has 0 radical (unpaired) electrons. The van der Waals surface area contributed by atoms with Gasteiger partial charge in [0.15, 0.2) is 0 Å². The molecule has 0 aliphatic carbocycles. The number of benzene rings is 2. The zero-order chi connectivity index (χ0) is 10.1. The molecule has 0 fully saturated rings. The van der Waals surface area contributed by atoms with Crippen LogP contribution in [0.3, 0.4) is 0 Å². The van der Waals surface area contributed by atoms with Crippen molar-refractivity contribution in [2.45, 2.75) is 0 Å². The molecular formula is C10H9NO2P+. The third-order valence-corrected chi connectivity index (χ3v) is 2.94. The van der Waals surface area contributed by atoms with Crippen molar-refractivity contribution in [3.8, 4) is 0 Å². The molecule has 2 rings (SSSR count). The van der Waals surface area contributed by atoms with Crippen LogP contribution in [0.25, 0.3) is 10.8 Å². The molecule has 1 atom stereocenters. The van der Waals surface area contributed by atoms with Gasteiger partial charge >= 0.3 is 8.03 Å². The van der Waals surface area contributed by atoms with E-state index in [-0.39, 0.29) is 0 Å². The summed E-state index contributed by atoms with van der Waals surface area (Å²) >= 11 is 0. The monoisotopic (exact) mass is 206 g/mol. The zero-order valence-corrected chi connectivity index (χ0v) is 8.24. The maximum atomic E-state index is 11.0. The Kier molecular flexibility index (Phi) is 2.20. The quantitative estimate of drug-likeness (QED) is 0.552. The summed E-state index contributed by atoms with van der Waals surface area (Å²) in [5, 5.41) is 2.00. The summed E-state index contributed by atoms with van der Waals surface area (Å²) in [6.45, 7) is 0. The molecule has 0 aromatic heterocycles. The molecule has 0 bridgehead atoms. The van der Waals surface area contributed by atoms with Crippen LogP contribution in [0.2, 0.25) is 0 Å². The lowest BCUT2D eigenvalue weighted by Gasteiger charge is -1.99. The van der Waals surface area contributed by atoms with Gasteiger partial charge < -0.3 is 5.73 Å². The van der Waals surface area contributed by atoms with Crippen molar-refractivity contribution >= 4 is 29.8 Å². The standard InChI is InChI=1S/C10H8NO2P/c11-9-5-1-4-8-7(9)3-2-6-10(8)14(12)13/h1-6H,11H2/p+1. The first-order chi connectivity index (χ1) is 6.70. The lowest BCUT2D eigenvalue weighted by atomic mass is 10.1. The average molecular weight is 206 g/mol. The smallest absolute Gasteiger partial charge is 0.398 e. The third-order valence-electron chi connectivity index (χ3n) is 2.14. The number of nitrogen functional groups attached to an aromatic ring is 1. The Morgan fingerprint density at radius 3 is 2.43 bits per heavy atom. The third kappa shape index (κ3) is 1.37. The molecule has 0 saturated carbocycles. The van der Waals surface area contributed by atoms with Crippen LogP contribution in [0.5, 0.6) is 0 Å². The molecule has 1 unspecified atom stereocenters. The highest BCUT2D eigenvalue weighted by Crippen LogP contribution is 2.24. The molecule has 3 nitrogen and oxygen atoms in total. The van der Waals surface area contributed by atoms with Crippen molar-refractivity contribution in [3.63, 3.8) is 0 Å². The van der Waals surface area contributed by atoms with E-state index in [4.69, 9.17) is 10.6 Å². The van der Waals surface area contributed by atoms with Gasteiger partial charge in [-0.05, 0) is 22.8 Å². The van der Waals surface area contributed by atoms with Crippen LogP contribution in [0.1, 0.15) is 0 Å². The summed E-state index contributed by atoms with van der Waals surface area (Å²) in [7, 11) is -2.31. The van der Waals surface area contributed by atoms with Gasteiger partial charge in [-0.15, -0.1) is 0 Å². The lowest BCUT2D eigenvalue weighted by molar-refractivity contribution is 0.513. The van der Waals surface area contributed by atoms with Gasteiger partial charge in [0.05, 0.1) is 0 Å². The summed E-state index contributed by atoms with van der Waals surface area (Å²) in [6.07, 6.45) is 0. The van der Waals surface area contributed by atoms with Gasteiger partial charge in [0.1, 0.15) is 0 Å². The molecule has 14 heavy (non-hydrogen) atoms. The summed E-state index contributed by atoms with van der Waals surface area (Å²) < 4.78 is 11.0. The molecule has 4 heteroatoms. The van der Waals surface area contributed by atoms with Crippen molar-refractivity contribution in [3.05, 3.63) is 36.4 Å². The number of fused-ring (bicyclic) bond motifs is 1. The van der Waals surface area contributed by atoms with Gasteiger partial charge in [-0.2, -0.15) is 4.89 Å². The molecular weight excluding hydrogens is 197 g/mol. The second-order valence-electron chi connectivity index (χ2n) is 2.99. The first-order valence-corrected chi connectivity index (χ1v) is 5.35. The van der Waals surface area contributed by atoms with Crippen molar-refractivity contribution in [1.82, 2.24) is 0 Å². The highest BCUT2D eigenvalue weighted by molar-refractivity contribution is 7.48. The van der Waals surface area contributed by atoms with Crippen LogP contribution in [0, 0.1) is 0 Å². The summed E-state index contributed by atoms with van der Waals surface area (Å²) in [5.74, 6) is 0. The molecule has 3 N–H and O–H groups in total. The number of anilines is 1. The van der Waals surface area contributed by atoms with Crippen LogP contribution in [-0.2, 0) is 4.57 Å². The van der Waals surface area contributed by atoms with E-state index in [2.05, 4.69) is 0 Å². The average Bonchev–Trinajstić information content (AvgIpc) is 2.17. The van der Waals surface area contributed by atoms with Crippen LogP contribution < -0.4 is 11.0 Å². The van der Waals surface area contributed by atoms with Crippen molar-refractivity contribution in [2.75, 3.05) is 5.73 Å².